The molecule has 1 amide bonds. The van der Waals surface area contributed by atoms with Crippen molar-refractivity contribution in [3.8, 4) is 11.4 Å². The van der Waals surface area contributed by atoms with Crippen LogP contribution >= 0.6 is 0 Å². The number of rotatable bonds is 7. The van der Waals surface area contributed by atoms with Crippen LogP contribution in [-0.2, 0) is 11.3 Å². The van der Waals surface area contributed by atoms with Crippen molar-refractivity contribution in [3.63, 3.8) is 0 Å². The number of nitrogens with zero attached hydrogens (tertiary/aromatic N) is 4. The third-order valence-corrected chi connectivity index (χ3v) is 5.44. The molecule has 1 aliphatic rings. The Balaban J connectivity index is 1.22. The molecule has 0 radical (unpaired) electrons. The van der Waals surface area contributed by atoms with Crippen LogP contribution in [-0.4, -0.2) is 64.5 Å². The van der Waals surface area contributed by atoms with E-state index in [1.54, 1.807) is 0 Å². The predicted octanol–water partition coefficient (Wildman–Crippen LogP) is 3.08. The second kappa shape index (κ2) is 9.80. The summed E-state index contributed by atoms with van der Waals surface area (Å²) >= 11 is 0. The van der Waals surface area contributed by atoms with Gasteiger partial charge in [0.25, 0.3) is 0 Å². The second-order valence-corrected chi connectivity index (χ2v) is 7.60. The van der Waals surface area contributed by atoms with Gasteiger partial charge in [0.2, 0.25) is 5.91 Å². The molecule has 1 aliphatic heterocycles. The number of carbonyl (C=O) groups excluding carboxylic acids is 1. The molecule has 3 aromatic rings. The fraction of sp³-hybridized carbons (Fsp3) is 0.304. The van der Waals surface area contributed by atoms with Gasteiger partial charge in [0.05, 0.1) is 12.2 Å². The minimum Gasteiger partial charge on any atom is -0.330 e. The van der Waals surface area contributed by atoms with Gasteiger partial charge in [-0.15, -0.1) is 0 Å². The molecule has 1 saturated heterocycles. The van der Waals surface area contributed by atoms with Crippen LogP contribution in [0.2, 0.25) is 0 Å². The molecule has 1 aromatic heterocycles. The van der Waals surface area contributed by atoms with Gasteiger partial charge in [-0.1, -0.05) is 30.3 Å². The summed E-state index contributed by atoms with van der Waals surface area (Å²) in [5.74, 6) is -0.778. The summed E-state index contributed by atoms with van der Waals surface area (Å²) in [5, 5.41) is 2.52. The highest BCUT2D eigenvalue weighted by molar-refractivity contribution is 5.92. The van der Waals surface area contributed by atoms with Crippen LogP contribution < -0.4 is 5.32 Å². The van der Waals surface area contributed by atoms with Gasteiger partial charge >= 0.3 is 0 Å². The van der Waals surface area contributed by atoms with Gasteiger partial charge in [0, 0.05) is 63.3 Å². The maximum atomic E-state index is 13.7. The Morgan fingerprint density at radius 3 is 2.45 bits per heavy atom. The highest BCUT2D eigenvalue weighted by Crippen LogP contribution is 2.17. The Bertz CT molecular complexity index is 1020. The van der Waals surface area contributed by atoms with Gasteiger partial charge in [-0.2, -0.15) is 0 Å². The molecule has 2 aromatic carbocycles. The van der Waals surface area contributed by atoms with Crippen LogP contribution in [0, 0.1) is 11.6 Å². The molecule has 0 unspecified atom stereocenters. The van der Waals surface area contributed by atoms with Gasteiger partial charge in [-0.05, 0) is 12.1 Å². The average Bonchev–Trinajstić information content (AvgIpc) is 3.24. The Morgan fingerprint density at radius 2 is 1.71 bits per heavy atom. The van der Waals surface area contributed by atoms with Gasteiger partial charge in [-0.25, -0.2) is 13.8 Å². The summed E-state index contributed by atoms with van der Waals surface area (Å²) in [6, 6.07) is 13.2. The lowest BCUT2D eigenvalue weighted by Gasteiger charge is -2.34. The predicted molar refractivity (Wildman–Crippen MR) is 116 cm³/mol. The molecule has 1 fully saturated rings. The lowest BCUT2D eigenvalue weighted by Crippen LogP contribution is -2.49. The van der Waals surface area contributed by atoms with Crippen LogP contribution in [0.1, 0.15) is 0 Å². The molecular weight excluding hydrogens is 400 g/mol. The molecule has 162 valence electrons. The monoisotopic (exact) mass is 425 g/mol. The van der Waals surface area contributed by atoms with E-state index in [-0.39, 0.29) is 18.1 Å². The minimum absolute atomic E-state index is 0.000381. The fourth-order valence-corrected chi connectivity index (χ4v) is 3.74. The van der Waals surface area contributed by atoms with E-state index < -0.39 is 11.6 Å². The Morgan fingerprint density at radius 1 is 0.968 bits per heavy atom. The van der Waals surface area contributed by atoms with E-state index in [9.17, 15) is 13.6 Å². The number of nitrogens with one attached hydrogen (secondary N) is 1. The van der Waals surface area contributed by atoms with E-state index in [1.807, 2.05) is 35.5 Å². The largest absolute Gasteiger partial charge is 0.330 e. The Labute approximate surface area is 180 Å². The molecule has 0 bridgehead atoms. The quantitative estimate of drug-likeness (QED) is 0.632. The number of amides is 1. The van der Waals surface area contributed by atoms with Crippen LogP contribution in [0.15, 0.2) is 60.9 Å². The highest BCUT2D eigenvalue weighted by atomic mass is 19.1. The highest BCUT2D eigenvalue weighted by Gasteiger charge is 2.19. The zero-order chi connectivity index (χ0) is 21.6. The number of anilines is 1. The maximum Gasteiger partial charge on any atom is 0.238 e. The van der Waals surface area contributed by atoms with E-state index in [0.29, 0.717) is 0 Å². The SMILES string of the molecule is O=C(CN1CCN(CCn2ccnc2-c2ccccc2)CC1)Nc1ccc(F)cc1F. The molecule has 0 atom stereocenters. The van der Waals surface area contributed by atoms with Gasteiger partial charge in [-0.3, -0.25) is 14.6 Å². The van der Waals surface area contributed by atoms with E-state index >= 15 is 0 Å². The van der Waals surface area contributed by atoms with E-state index in [2.05, 4.69) is 31.9 Å². The summed E-state index contributed by atoms with van der Waals surface area (Å²) in [6.07, 6.45) is 3.82. The molecule has 0 saturated carbocycles. The maximum absolute atomic E-state index is 13.7. The van der Waals surface area contributed by atoms with Gasteiger partial charge < -0.3 is 9.88 Å². The number of hydrogen-bond acceptors (Lipinski definition) is 4. The molecule has 0 aliphatic carbocycles. The zero-order valence-electron chi connectivity index (χ0n) is 17.2. The number of imidazole rings is 1. The number of aromatic nitrogens is 2. The van der Waals surface area contributed by atoms with Crippen LogP contribution in [0.3, 0.4) is 0 Å². The van der Waals surface area contributed by atoms with Gasteiger partial charge in [0.15, 0.2) is 0 Å². The number of carbonyl (C=O) groups is 1. The fourth-order valence-electron chi connectivity index (χ4n) is 3.74. The molecular formula is C23H25F2N5O. The smallest absolute Gasteiger partial charge is 0.238 e. The molecule has 4 rings (SSSR count). The summed E-state index contributed by atoms with van der Waals surface area (Å²) in [7, 11) is 0. The van der Waals surface area contributed by atoms with Crippen molar-refractivity contribution in [2.75, 3.05) is 44.6 Å². The zero-order valence-corrected chi connectivity index (χ0v) is 17.2. The topological polar surface area (TPSA) is 53.4 Å². The van der Waals surface area contributed by atoms with Crippen molar-refractivity contribution >= 4 is 11.6 Å². The summed E-state index contributed by atoms with van der Waals surface area (Å²) in [4.78, 5) is 21.1. The van der Waals surface area contributed by atoms with Crippen molar-refractivity contribution in [1.82, 2.24) is 19.4 Å². The van der Waals surface area contributed by atoms with Gasteiger partial charge in [0.1, 0.15) is 17.5 Å². The molecule has 1 N–H and O–H groups in total. The van der Waals surface area contributed by atoms with Crippen LogP contribution in [0.25, 0.3) is 11.4 Å². The van der Waals surface area contributed by atoms with Crippen molar-refractivity contribution in [1.29, 1.82) is 0 Å². The molecule has 31 heavy (non-hydrogen) atoms. The van der Waals surface area contributed by atoms with Crippen molar-refractivity contribution in [2.24, 2.45) is 0 Å². The first kappa shape index (κ1) is 21.1. The standard InChI is InChI=1S/C23H25F2N5O/c24-19-6-7-21(20(25)16-19)27-22(31)17-29-12-10-28(11-13-29)14-15-30-9-8-26-23(30)18-4-2-1-3-5-18/h1-9,16H,10-15,17H2,(H,27,31). The number of hydrogen-bond donors (Lipinski definition) is 1. The van der Waals surface area contributed by atoms with E-state index in [1.165, 1.54) is 6.07 Å². The minimum atomic E-state index is -0.771. The third kappa shape index (κ3) is 5.53. The molecule has 2 heterocycles. The Hall–Kier alpha value is -3.10. The average molecular weight is 425 g/mol. The lowest BCUT2D eigenvalue weighted by molar-refractivity contribution is -0.117. The van der Waals surface area contributed by atoms with Crippen LogP contribution in [0.4, 0.5) is 14.5 Å². The Kier molecular flexibility index (Phi) is 6.69. The number of benzene rings is 2. The molecule has 6 nitrogen and oxygen atoms in total. The lowest BCUT2D eigenvalue weighted by atomic mass is 10.2. The third-order valence-electron chi connectivity index (χ3n) is 5.44. The number of halogens is 2. The molecule has 8 heteroatoms. The van der Waals surface area contributed by atoms with Crippen molar-refractivity contribution in [2.45, 2.75) is 6.54 Å². The summed E-state index contributed by atoms with van der Waals surface area (Å²) in [5.41, 5.74) is 1.10. The van der Waals surface area contributed by atoms with Crippen LogP contribution in [0.5, 0.6) is 0 Å². The number of piperazine rings is 1. The summed E-state index contributed by atoms with van der Waals surface area (Å²) < 4.78 is 28.8. The van der Waals surface area contributed by atoms with Crippen molar-refractivity contribution in [3.05, 3.63) is 72.6 Å². The first-order valence-electron chi connectivity index (χ1n) is 10.3. The van der Waals surface area contributed by atoms with E-state index in [4.69, 9.17) is 0 Å². The summed E-state index contributed by atoms with van der Waals surface area (Å²) in [6.45, 7) is 5.15. The van der Waals surface area contributed by atoms with E-state index in [0.717, 1.165) is 62.8 Å². The first-order chi connectivity index (χ1) is 15.1. The van der Waals surface area contributed by atoms with Crippen molar-refractivity contribution < 1.29 is 13.6 Å². The second-order valence-electron chi connectivity index (χ2n) is 7.60. The first-order valence-corrected chi connectivity index (χ1v) is 10.3. The normalized spacial score (nSPS) is 15.2. The molecule has 0 spiro atoms.